The number of hydrogen-bond donors (Lipinski definition) is 3. The third-order valence-electron chi connectivity index (χ3n) is 6.62. The van der Waals surface area contributed by atoms with Crippen LogP contribution in [0.2, 0.25) is 0 Å². The molecule has 10 nitrogen and oxygen atoms in total. The molecule has 36 heavy (non-hydrogen) atoms. The molecule has 192 valence electrons. The van der Waals surface area contributed by atoms with Crippen LogP contribution >= 0.6 is 0 Å². The maximum Gasteiger partial charge on any atom is 0.337 e. The lowest BCUT2D eigenvalue weighted by molar-refractivity contribution is -0.118. The van der Waals surface area contributed by atoms with Crippen LogP contribution in [0.25, 0.3) is 0 Å². The third kappa shape index (κ3) is 5.84. The van der Waals surface area contributed by atoms with Crippen LogP contribution in [-0.4, -0.2) is 66.2 Å². The molecular formula is C25H30N4O6S. The molecule has 2 atom stereocenters. The number of likely N-dealkylation sites (tertiary alicyclic amines) is 1. The van der Waals surface area contributed by atoms with E-state index in [1.807, 2.05) is 6.92 Å². The Morgan fingerprint density at radius 3 is 2.42 bits per heavy atom. The highest BCUT2D eigenvalue weighted by Crippen LogP contribution is 2.35. The summed E-state index contributed by atoms with van der Waals surface area (Å²) in [6.45, 7) is 3.52. The van der Waals surface area contributed by atoms with Crippen LogP contribution in [0.4, 0.5) is 10.6 Å². The van der Waals surface area contributed by atoms with E-state index in [2.05, 4.69) is 15.6 Å². The molecular weight excluding hydrogens is 484 g/mol. The van der Waals surface area contributed by atoms with Gasteiger partial charge < -0.3 is 20.6 Å². The summed E-state index contributed by atoms with van der Waals surface area (Å²) in [6, 6.07) is 9.12. The summed E-state index contributed by atoms with van der Waals surface area (Å²) in [5.41, 5.74) is 0.675. The van der Waals surface area contributed by atoms with Gasteiger partial charge in [-0.15, -0.1) is 0 Å². The van der Waals surface area contributed by atoms with Gasteiger partial charge in [-0.2, -0.15) is 0 Å². The molecule has 0 spiro atoms. The van der Waals surface area contributed by atoms with E-state index in [0.29, 0.717) is 44.5 Å². The number of sulfone groups is 1. The highest BCUT2D eigenvalue weighted by molar-refractivity contribution is 7.92. The van der Waals surface area contributed by atoms with E-state index >= 15 is 0 Å². The van der Waals surface area contributed by atoms with E-state index in [9.17, 15) is 22.8 Å². The molecule has 0 radical (unpaired) electrons. The summed E-state index contributed by atoms with van der Waals surface area (Å²) in [5, 5.41) is 14.3. The summed E-state index contributed by atoms with van der Waals surface area (Å²) >= 11 is 0. The van der Waals surface area contributed by atoms with Crippen LogP contribution in [0.5, 0.6) is 0 Å². The molecule has 1 saturated carbocycles. The molecule has 1 aromatic carbocycles. The Bertz CT molecular complexity index is 1230. The van der Waals surface area contributed by atoms with Crippen LogP contribution in [0.1, 0.15) is 54.4 Å². The topological polar surface area (TPSA) is 146 Å². The SMILES string of the molecule is CCNC(=O)N1CC[C@H](C[C@@H](C(=O)Nc2ccc(C(=O)O)cn2)c2ccc(S(=O)(=O)C3CC3)cc2)C1. The highest BCUT2D eigenvalue weighted by Gasteiger charge is 2.37. The number of amides is 3. The first kappa shape index (κ1) is 25.6. The first-order chi connectivity index (χ1) is 17.2. The van der Waals surface area contributed by atoms with Gasteiger partial charge in [-0.05, 0) is 68.4 Å². The molecule has 3 amide bonds. The second-order valence-corrected chi connectivity index (χ2v) is 11.5. The van der Waals surface area contributed by atoms with E-state index < -0.39 is 21.7 Å². The molecule has 3 N–H and O–H groups in total. The average Bonchev–Trinajstić information content (AvgIpc) is 3.62. The van der Waals surface area contributed by atoms with Crippen molar-refractivity contribution in [3.8, 4) is 0 Å². The average molecular weight is 515 g/mol. The number of urea groups is 1. The van der Waals surface area contributed by atoms with Gasteiger partial charge in [0.05, 0.1) is 21.6 Å². The van der Waals surface area contributed by atoms with Crippen molar-refractivity contribution in [1.82, 2.24) is 15.2 Å². The Hall–Kier alpha value is -3.47. The maximum absolute atomic E-state index is 13.4. The quantitative estimate of drug-likeness (QED) is 0.466. The highest BCUT2D eigenvalue weighted by atomic mass is 32.2. The number of carboxylic acid groups (broad SMARTS) is 1. The zero-order chi connectivity index (χ0) is 25.9. The summed E-state index contributed by atoms with van der Waals surface area (Å²) in [6.07, 6.45) is 3.73. The molecule has 0 unspecified atom stereocenters. The molecule has 1 aliphatic carbocycles. The zero-order valence-corrected chi connectivity index (χ0v) is 20.8. The van der Waals surface area contributed by atoms with Crippen molar-refractivity contribution in [1.29, 1.82) is 0 Å². The van der Waals surface area contributed by atoms with Crippen molar-refractivity contribution in [3.05, 3.63) is 53.7 Å². The summed E-state index contributed by atoms with van der Waals surface area (Å²) in [4.78, 5) is 42.7. The number of aromatic carboxylic acids is 1. The lowest BCUT2D eigenvalue weighted by atomic mass is 9.87. The van der Waals surface area contributed by atoms with Crippen molar-refractivity contribution in [2.75, 3.05) is 25.0 Å². The maximum atomic E-state index is 13.4. The Morgan fingerprint density at radius 2 is 1.83 bits per heavy atom. The first-order valence-corrected chi connectivity index (χ1v) is 13.6. The van der Waals surface area contributed by atoms with Gasteiger partial charge in [0.2, 0.25) is 5.91 Å². The fourth-order valence-corrected chi connectivity index (χ4v) is 6.13. The van der Waals surface area contributed by atoms with Crippen LogP contribution in [0.15, 0.2) is 47.5 Å². The molecule has 1 aromatic heterocycles. The molecule has 2 fully saturated rings. The number of pyridine rings is 1. The lowest BCUT2D eigenvalue weighted by Crippen LogP contribution is -2.38. The van der Waals surface area contributed by atoms with Crippen molar-refractivity contribution < 1.29 is 27.9 Å². The van der Waals surface area contributed by atoms with Crippen LogP contribution in [0, 0.1) is 5.92 Å². The minimum absolute atomic E-state index is 0.00779. The number of carbonyl (C=O) groups excluding carboxylic acids is 2. The van der Waals surface area contributed by atoms with Gasteiger partial charge in [0, 0.05) is 25.8 Å². The second-order valence-electron chi connectivity index (χ2n) is 9.26. The van der Waals surface area contributed by atoms with Gasteiger partial charge in [-0.1, -0.05) is 12.1 Å². The Labute approximate surface area is 210 Å². The fraction of sp³-hybridized carbons (Fsp3) is 0.440. The summed E-state index contributed by atoms with van der Waals surface area (Å²) < 4.78 is 25.2. The number of anilines is 1. The molecule has 0 bridgehead atoms. The largest absolute Gasteiger partial charge is 0.478 e. The van der Waals surface area contributed by atoms with Gasteiger partial charge >= 0.3 is 12.0 Å². The summed E-state index contributed by atoms with van der Waals surface area (Å²) in [7, 11) is -3.34. The van der Waals surface area contributed by atoms with E-state index in [1.54, 1.807) is 29.2 Å². The number of carbonyl (C=O) groups is 3. The second kappa shape index (κ2) is 10.7. The van der Waals surface area contributed by atoms with E-state index in [0.717, 1.165) is 6.42 Å². The normalized spacial score (nSPS) is 18.5. The Morgan fingerprint density at radius 1 is 1.11 bits per heavy atom. The van der Waals surface area contributed by atoms with Crippen LogP contribution in [0.3, 0.4) is 0 Å². The van der Waals surface area contributed by atoms with E-state index in [4.69, 9.17) is 5.11 Å². The van der Waals surface area contributed by atoms with Gasteiger partial charge in [0.15, 0.2) is 9.84 Å². The standard InChI is InChI=1S/C25H30N4O6S/c1-2-26-25(33)29-12-11-16(15-29)13-21(23(30)28-22-10-5-18(14-27-22)24(31)32)17-3-6-19(7-4-17)36(34,35)20-8-9-20/h3-7,10,14,16,20-21H,2,8-9,11-13,15H2,1H3,(H,26,33)(H,31,32)(H,27,28,30)/t16-,21-/m1/s1. The third-order valence-corrected chi connectivity index (χ3v) is 8.90. The molecule has 4 rings (SSSR count). The zero-order valence-electron chi connectivity index (χ0n) is 20.0. The number of nitrogens with one attached hydrogen (secondary N) is 2. The fourth-order valence-electron chi connectivity index (χ4n) is 4.47. The molecule has 11 heteroatoms. The smallest absolute Gasteiger partial charge is 0.337 e. The Balaban J connectivity index is 1.53. The van der Waals surface area contributed by atoms with Crippen LogP contribution in [-0.2, 0) is 14.6 Å². The Kier molecular flexibility index (Phi) is 7.58. The van der Waals surface area contributed by atoms with Crippen molar-refractivity contribution in [2.45, 2.75) is 48.7 Å². The van der Waals surface area contributed by atoms with Crippen molar-refractivity contribution in [3.63, 3.8) is 0 Å². The number of carboxylic acids is 1. The van der Waals surface area contributed by atoms with E-state index in [1.165, 1.54) is 18.3 Å². The predicted octanol–water partition coefficient (Wildman–Crippen LogP) is 2.88. The minimum atomic E-state index is -3.34. The number of rotatable bonds is 9. The van der Waals surface area contributed by atoms with Gasteiger partial charge in [-0.3, -0.25) is 4.79 Å². The number of benzene rings is 1. The molecule has 2 aliphatic rings. The van der Waals surface area contributed by atoms with Crippen molar-refractivity contribution >= 4 is 33.6 Å². The lowest BCUT2D eigenvalue weighted by Gasteiger charge is -2.22. The van der Waals surface area contributed by atoms with Gasteiger partial charge in [-0.25, -0.2) is 23.0 Å². The van der Waals surface area contributed by atoms with Gasteiger partial charge in [0.1, 0.15) is 5.82 Å². The number of aromatic nitrogens is 1. The van der Waals surface area contributed by atoms with E-state index in [-0.39, 0.29) is 39.4 Å². The molecule has 2 heterocycles. The number of nitrogens with zero attached hydrogens (tertiary/aromatic N) is 2. The monoisotopic (exact) mass is 514 g/mol. The molecule has 1 aliphatic heterocycles. The van der Waals surface area contributed by atoms with Crippen LogP contribution < -0.4 is 10.6 Å². The van der Waals surface area contributed by atoms with Gasteiger partial charge in [0.25, 0.3) is 0 Å². The number of hydrogen-bond acceptors (Lipinski definition) is 6. The predicted molar refractivity (Wildman–Crippen MR) is 133 cm³/mol. The summed E-state index contributed by atoms with van der Waals surface area (Å²) in [5.74, 6) is -1.75. The minimum Gasteiger partial charge on any atom is -0.478 e. The first-order valence-electron chi connectivity index (χ1n) is 12.1. The molecule has 2 aromatic rings. The van der Waals surface area contributed by atoms with Crippen molar-refractivity contribution in [2.24, 2.45) is 5.92 Å². The molecule has 1 saturated heterocycles.